The van der Waals surface area contributed by atoms with Crippen molar-refractivity contribution in [2.45, 2.75) is 23.7 Å². The lowest BCUT2D eigenvalue weighted by Crippen LogP contribution is -2.27. The lowest BCUT2D eigenvalue weighted by atomic mass is 9.93. The van der Waals surface area contributed by atoms with Gasteiger partial charge in [0.25, 0.3) is 10.0 Å². The zero-order valence-corrected chi connectivity index (χ0v) is 15.4. The Bertz CT molecular complexity index is 1080. The van der Waals surface area contributed by atoms with Crippen molar-refractivity contribution in [1.29, 1.82) is 0 Å². The van der Waals surface area contributed by atoms with E-state index in [0.29, 0.717) is 10.5 Å². The van der Waals surface area contributed by atoms with E-state index in [9.17, 15) is 12.8 Å². The molecule has 1 saturated heterocycles. The summed E-state index contributed by atoms with van der Waals surface area (Å²) in [7, 11) is -4.01. The van der Waals surface area contributed by atoms with Gasteiger partial charge >= 0.3 is 0 Å². The second-order valence-electron chi connectivity index (χ2n) is 6.38. The molecule has 0 amide bonds. The van der Waals surface area contributed by atoms with E-state index in [0.717, 1.165) is 47.2 Å². The summed E-state index contributed by atoms with van der Waals surface area (Å²) < 4.78 is 40.7. The van der Waals surface area contributed by atoms with Gasteiger partial charge in [-0.1, -0.05) is 17.7 Å². The molecule has 0 aliphatic carbocycles. The predicted molar refractivity (Wildman–Crippen MR) is 98.6 cm³/mol. The molecule has 8 heteroatoms. The van der Waals surface area contributed by atoms with E-state index in [-0.39, 0.29) is 10.8 Å². The first-order valence-corrected chi connectivity index (χ1v) is 10.2. The Morgan fingerprint density at radius 1 is 1.15 bits per heavy atom. The SMILES string of the molecule is O=S(=O)(c1cccc(F)c1)n1nc(C2CCNCC2)c2cc(Cl)ccc21. The van der Waals surface area contributed by atoms with E-state index in [2.05, 4.69) is 10.4 Å². The van der Waals surface area contributed by atoms with Crippen LogP contribution in [0.1, 0.15) is 24.5 Å². The molecule has 26 heavy (non-hydrogen) atoms. The third-order valence-corrected chi connectivity index (χ3v) is 6.51. The Balaban J connectivity index is 1.93. The van der Waals surface area contributed by atoms with Crippen LogP contribution in [-0.2, 0) is 10.0 Å². The van der Waals surface area contributed by atoms with E-state index in [1.807, 2.05) is 0 Å². The zero-order valence-electron chi connectivity index (χ0n) is 13.8. The van der Waals surface area contributed by atoms with Gasteiger partial charge in [0.15, 0.2) is 0 Å². The minimum Gasteiger partial charge on any atom is -0.317 e. The van der Waals surface area contributed by atoms with Gasteiger partial charge in [-0.2, -0.15) is 17.6 Å². The van der Waals surface area contributed by atoms with Gasteiger partial charge in [-0.15, -0.1) is 0 Å². The average molecular weight is 394 g/mol. The number of nitrogens with one attached hydrogen (secondary N) is 1. The van der Waals surface area contributed by atoms with E-state index >= 15 is 0 Å². The van der Waals surface area contributed by atoms with Gasteiger partial charge in [-0.05, 0) is 62.3 Å². The van der Waals surface area contributed by atoms with Crippen LogP contribution in [0.15, 0.2) is 47.4 Å². The third kappa shape index (κ3) is 3.00. The molecule has 136 valence electrons. The largest absolute Gasteiger partial charge is 0.317 e. The highest BCUT2D eigenvalue weighted by atomic mass is 35.5. The molecule has 0 atom stereocenters. The van der Waals surface area contributed by atoms with Crippen molar-refractivity contribution in [2.75, 3.05) is 13.1 Å². The van der Waals surface area contributed by atoms with E-state index in [1.54, 1.807) is 18.2 Å². The number of fused-ring (bicyclic) bond motifs is 1. The van der Waals surface area contributed by atoms with Crippen LogP contribution >= 0.6 is 11.6 Å². The molecular formula is C18H17ClFN3O2S. The number of nitrogens with zero attached hydrogens (tertiary/aromatic N) is 2. The second kappa shape index (κ2) is 6.64. The minimum absolute atomic E-state index is 0.131. The lowest BCUT2D eigenvalue weighted by Gasteiger charge is -2.21. The fourth-order valence-electron chi connectivity index (χ4n) is 3.39. The molecule has 2 heterocycles. The Hall–Kier alpha value is -1.96. The number of halogens is 2. The molecule has 4 rings (SSSR count). The van der Waals surface area contributed by atoms with Crippen molar-refractivity contribution in [3.63, 3.8) is 0 Å². The molecule has 0 unspecified atom stereocenters. The van der Waals surface area contributed by atoms with Crippen molar-refractivity contribution in [3.8, 4) is 0 Å². The van der Waals surface area contributed by atoms with Crippen LogP contribution in [0.5, 0.6) is 0 Å². The fourth-order valence-corrected chi connectivity index (χ4v) is 4.89. The summed E-state index contributed by atoms with van der Waals surface area (Å²) in [5, 5.41) is 8.99. The Kier molecular flexibility index (Phi) is 4.46. The molecule has 1 aliphatic rings. The average Bonchev–Trinajstić information content (AvgIpc) is 3.02. The van der Waals surface area contributed by atoms with Crippen molar-refractivity contribution in [1.82, 2.24) is 14.5 Å². The van der Waals surface area contributed by atoms with Crippen LogP contribution in [0.2, 0.25) is 5.02 Å². The topological polar surface area (TPSA) is 64.0 Å². The van der Waals surface area contributed by atoms with Gasteiger partial charge in [-0.25, -0.2) is 4.39 Å². The molecule has 1 aliphatic heterocycles. The number of hydrogen-bond donors (Lipinski definition) is 1. The summed E-state index contributed by atoms with van der Waals surface area (Å²) in [5.74, 6) is -0.453. The van der Waals surface area contributed by atoms with Crippen molar-refractivity contribution in [2.24, 2.45) is 0 Å². The summed E-state index contributed by atoms with van der Waals surface area (Å²) >= 11 is 6.14. The Morgan fingerprint density at radius 3 is 2.65 bits per heavy atom. The van der Waals surface area contributed by atoms with Gasteiger partial charge in [0, 0.05) is 16.3 Å². The first-order valence-electron chi connectivity index (χ1n) is 8.37. The molecule has 1 aromatic heterocycles. The first-order chi connectivity index (χ1) is 12.5. The predicted octanol–water partition coefficient (Wildman–Crippen LogP) is 3.53. The van der Waals surface area contributed by atoms with Gasteiger partial charge in [0.1, 0.15) is 5.82 Å². The molecule has 0 spiro atoms. The molecule has 0 bridgehead atoms. The number of rotatable bonds is 3. The second-order valence-corrected chi connectivity index (χ2v) is 8.58. The number of aromatic nitrogens is 2. The van der Waals surface area contributed by atoms with E-state index in [1.165, 1.54) is 18.2 Å². The quantitative estimate of drug-likeness (QED) is 0.739. The first kappa shape index (κ1) is 17.5. The summed E-state index contributed by atoms with van der Waals surface area (Å²) in [6, 6.07) is 9.98. The van der Waals surface area contributed by atoms with Crippen LogP contribution in [0.4, 0.5) is 4.39 Å². The zero-order chi connectivity index (χ0) is 18.3. The van der Waals surface area contributed by atoms with Gasteiger partial charge < -0.3 is 5.32 Å². The van der Waals surface area contributed by atoms with Crippen molar-refractivity contribution in [3.05, 3.63) is 59.0 Å². The van der Waals surface area contributed by atoms with Gasteiger partial charge in [-0.3, -0.25) is 0 Å². The number of piperidine rings is 1. The highest BCUT2D eigenvalue weighted by molar-refractivity contribution is 7.90. The van der Waals surface area contributed by atoms with Crippen molar-refractivity contribution >= 4 is 32.5 Å². The fraction of sp³-hybridized carbons (Fsp3) is 0.278. The third-order valence-electron chi connectivity index (χ3n) is 4.69. The molecule has 3 aromatic rings. The Morgan fingerprint density at radius 2 is 1.92 bits per heavy atom. The molecule has 0 saturated carbocycles. The monoisotopic (exact) mass is 393 g/mol. The highest BCUT2D eigenvalue weighted by Crippen LogP contribution is 2.33. The molecule has 1 N–H and O–H groups in total. The maximum atomic E-state index is 13.6. The maximum Gasteiger partial charge on any atom is 0.283 e. The highest BCUT2D eigenvalue weighted by Gasteiger charge is 2.27. The summed E-state index contributed by atoms with van der Waals surface area (Å²) in [5.41, 5.74) is 1.18. The summed E-state index contributed by atoms with van der Waals surface area (Å²) in [4.78, 5) is -0.131. The summed E-state index contributed by atoms with van der Waals surface area (Å²) in [6.07, 6.45) is 1.75. The lowest BCUT2D eigenvalue weighted by molar-refractivity contribution is 0.453. The molecule has 0 radical (unpaired) electrons. The van der Waals surface area contributed by atoms with E-state index in [4.69, 9.17) is 11.6 Å². The number of hydrogen-bond acceptors (Lipinski definition) is 4. The smallest absolute Gasteiger partial charge is 0.283 e. The van der Waals surface area contributed by atoms with Crippen molar-refractivity contribution < 1.29 is 12.8 Å². The van der Waals surface area contributed by atoms with Crippen LogP contribution in [-0.4, -0.2) is 30.7 Å². The molecular weight excluding hydrogens is 377 g/mol. The maximum absolute atomic E-state index is 13.6. The van der Waals surface area contributed by atoms with Gasteiger partial charge in [0.2, 0.25) is 0 Å². The van der Waals surface area contributed by atoms with Crippen LogP contribution in [0, 0.1) is 5.82 Å². The molecule has 2 aromatic carbocycles. The molecule has 1 fully saturated rings. The molecule has 5 nitrogen and oxygen atoms in total. The van der Waals surface area contributed by atoms with Crippen LogP contribution in [0.3, 0.4) is 0 Å². The van der Waals surface area contributed by atoms with E-state index < -0.39 is 15.8 Å². The minimum atomic E-state index is -4.01. The normalized spacial score (nSPS) is 16.2. The van der Waals surface area contributed by atoms with Gasteiger partial charge in [0.05, 0.1) is 16.1 Å². The summed E-state index contributed by atoms with van der Waals surface area (Å²) in [6.45, 7) is 1.71. The standard InChI is InChI=1S/C18H17ClFN3O2S/c19-13-4-5-17-16(10-13)18(12-6-8-21-9-7-12)22-23(17)26(24,25)15-3-1-2-14(20)11-15/h1-5,10-12,21H,6-9H2. The number of benzene rings is 2. The van der Waals surface area contributed by atoms with Crippen LogP contribution < -0.4 is 5.32 Å². The Labute approximate surface area is 155 Å². The van der Waals surface area contributed by atoms with Crippen LogP contribution in [0.25, 0.3) is 10.9 Å².